The molecule has 0 amide bonds. The van der Waals surface area contributed by atoms with Crippen molar-refractivity contribution < 1.29 is 19.0 Å². The molecule has 7 nitrogen and oxygen atoms in total. The van der Waals surface area contributed by atoms with Gasteiger partial charge in [-0.15, -0.1) is 0 Å². The van der Waals surface area contributed by atoms with Crippen molar-refractivity contribution in [3.05, 3.63) is 111 Å². The van der Waals surface area contributed by atoms with Gasteiger partial charge in [-0.3, -0.25) is 0 Å². The summed E-state index contributed by atoms with van der Waals surface area (Å²) in [5.41, 5.74) is 5.42. The molecule has 0 spiro atoms. The Morgan fingerprint density at radius 1 is 1.00 bits per heavy atom. The lowest BCUT2D eigenvalue weighted by molar-refractivity contribution is -0.139. The fourth-order valence-electron chi connectivity index (χ4n) is 5.92. The molecule has 3 aromatic carbocycles. The van der Waals surface area contributed by atoms with Crippen LogP contribution in [0.2, 0.25) is 5.02 Å². The van der Waals surface area contributed by atoms with Crippen LogP contribution >= 0.6 is 23.4 Å². The zero-order valence-corrected chi connectivity index (χ0v) is 27.5. The average molecular weight is 642 g/mol. The molecule has 45 heavy (non-hydrogen) atoms. The second-order valence-electron chi connectivity index (χ2n) is 10.8. The molecule has 3 heterocycles. The molecule has 2 aliphatic heterocycles. The normalized spacial score (nSPS) is 17.1. The Morgan fingerprint density at radius 2 is 1.76 bits per heavy atom. The van der Waals surface area contributed by atoms with E-state index in [-0.39, 0.29) is 12.6 Å². The van der Waals surface area contributed by atoms with E-state index in [0.29, 0.717) is 49.1 Å². The molecule has 1 atom stereocenters. The van der Waals surface area contributed by atoms with Crippen LogP contribution in [0, 0.1) is 0 Å². The fourth-order valence-corrected chi connectivity index (χ4v) is 7.21. The number of nitrogens with zero attached hydrogens (tertiary/aromatic N) is 3. The van der Waals surface area contributed by atoms with Gasteiger partial charge in [-0.1, -0.05) is 65.8 Å². The van der Waals surface area contributed by atoms with Crippen LogP contribution in [0.1, 0.15) is 50.4 Å². The van der Waals surface area contributed by atoms with Gasteiger partial charge >= 0.3 is 5.97 Å². The SMILES string of the molecule is CCOC(=O)C1=C(C)N=C2S/C(=C\c3cn(Cc4ccccc4Cl)c4ccccc34)CN2[C@@H]1c1ccc(OCC)c(OCC)c1. The fraction of sp³-hybridized carbons (Fsp3) is 0.278. The summed E-state index contributed by atoms with van der Waals surface area (Å²) in [4.78, 5) is 21.6. The molecule has 0 bridgehead atoms. The lowest BCUT2D eigenvalue weighted by atomic mass is 9.94. The summed E-state index contributed by atoms with van der Waals surface area (Å²) in [5.74, 6) is 0.964. The minimum absolute atomic E-state index is 0.282. The van der Waals surface area contributed by atoms with Gasteiger partial charge < -0.3 is 23.7 Å². The zero-order chi connectivity index (χ0) is 31.5. The van der Waals surface area contributed by atoms with Gasteiger partial charge in [-0.25, -0.2) is 9.79 Å². The van der Waals surface area contributed by atoms with Gasteiger partial charge in [0.15, 0.2) is 16.7 Å². The first kappa shape index (κ1) is 30.9. The van der Waals surface area contributed by atoms with E-state index >= 15 is 0 Å². The number of rotatable bonds is 10. The van der Waals surface area contributed by atoms with Crippen molar-refractivity contribution in [1.29, 1.82) is 0 Å². The molecule has 0 unspecified atom stereocenters. The number of esters is 1. The highest BCUT2D eigenvalue weighted by molar-refractivity contribution is 8.17. The van der Waals surface area contributed by atoms with Gasteiger partial charge in [0, 0.05) is 39.1 Å². The largest absolute Gasteiger partial charge is 0.490 e. The van der Waals surface area contributed by atoms with Crippen molar-refractivity contribution in [2.45, 2.75) is 40.3 Å². The summed E-state index contributed by atoms with van der Waals surface area (Å²) in [7, 11) is 0. The highest BCUT2D eigenvalue weighted by Crippen LogP contribution is 2.46. The Hall–Kier alpha value is -4.14. The van der Waals surface area contributed by atoms with E-state index in [1.165, 1.54) is 0 Å². The number of carbonyl (C=O) groups excluding carboxylic acids is 1. The molecule has 0 aliphatic carbocycles. The third kappa shape index (κ3) is 6.22. The van der Waals surface area contributed by atoms with E-state index < -0.39 is 6.04 Å². The molecule has 1 aromatic heterocycles. The topological polar surface area (TPSA) is 65.3 Å². The molecule has 6 rings (SSSR count). The van der Waals surface area contributed by atoms with Gasteiger partial charge in [0.25, 0.3) is 0 Å². The van der Waals surface area contributed by atoms with Crippen molar-refractivity contribution in [3.63, 3.8) is 0 Å². The van der Waals surface area contributed by atoms with E-state index in [4.69, 9.17) is 30.8 Å². The summed E-state index contributed by atoms with van der Waals surface area (Å²) < 4.78 is 19.6. The van der Waals surface area contributed by atoms with E-state index in [0.717, 1.165) is 42.7 Å². The number of fused-ring (bicyclic) bond motifs is 2. The van der Waals surface area contributed by atoms with E-state index in [1.54, 1.807) is 11.8 Å². The number of halogens is 1. The standard InChI is InChI=1S/C36H36ClN3O4S/c1-5-42-31-17-16-24(19-32(31)43-6-2)34-33(35(41)44-7-3)23(4)38-36-40(34)22-27(45-36)18-26-21-39(30-15-11-9-13-28(26)30)20-25-12-8-10-14-29(25)37/h8-19,21,34H,5-7,20,22H2,1-4H3/b27-18-/t34-/m1/s1. The minimum atomic E-state index is -0.397. The lowest BCUT2D eigenvalue weighted by Gasteiger charge is -2.34. The molecule has 0 saturated carbocycles. The van der Waals surface area contributed by atoms with E-state index in [2.05, 4.69) is 52.1 Å². The number of allylic oxidation sites excluding steroid dienone is 1. The van der Waals surface area contributed by atoms with Crippen LogP contribution in [-0.4, -0.2) is 47.0 Å². The summed E-state index contributed by atoms with van der Waals surface area (Å²) in [6.45, 7) is 10.2. The van der Waals surface area contributed by atoms with Gasteiger partial charge in [-0.2, -0.15) is 0 Å². The Kier molecular flexibility index (Phi) is 9.24. The van der Waals surface area contributed by atoms with Gasteiger partial charge in [0.05, 0.1) is 43.7 Å². The number of thioether (sulfide) groups is 1. The number of ether oxygens (including phenoxy) is 3. The lowest BCUT2D eigenvalue weighted by Crippen LogP contribution is -2.36. The molecule has 2 aliphatic rings. The minimum Gasteiger partial charge on any atom is -0.490 e. The summed E-state index contributed by atoms with van der Waals surface area (Å²) >= 11 is 8.15. The zero-order valence-electron chi connectivity index (χ0n) is 25.9. The second-order valence-corrected chi connectivity index (χ2v) is 12.3. The Morgan fingerprint density at radius 3 is 2.53 bits per heavy atom. The van der Waals surface area contributed by atoms with Crippen molar-refractivity contribution in [3.8, 4) is 11.5 Å². The van der Waals surface area contributed by atoms with Crippen molar-refractivity contribution in [2.24, 2.45) is 4.99 Å². The van der Waals surface area contributed by atoms with Gasteiger partial charge in [-0.05, 0) is 69.2 Å². The van der Waals surface area contributed by atoms with Crippen LogP contribution in [0.15, 0.2) is 94.1 Å². The van der Waals surface area contributed by atoms with Crippen LogP contribution in [0.25, 0.3) is 17.0 Å². The predicted octanol–water partition coefficient (Wildman–Crippen LogP) is 8.48. The molecule has 9 heteroatoms. The van der Waals surface area contributed by atoms with Crippen molar-refractivity contribution >= 4 is 51.5 Å². The molecular weight excluding hydrogens is 606 g/mol. The third-order valence-electron chi connectivity index (χ3n) is 7.85. The van der Waals surface area contributed by atoms with Crippen LogP contribution in [0.3, 0.4) is 0 Å². The number of hydrogen-bond acceptors (Lipinski definition) is 7. The first-order chi connectivity index (χ1) is 21.9. The quantitative estimate of drug-likeness (QED) is 0.162. The summed E-state index contributed by atoms with van der Waals surface area (Å²) in [5, 5.41) is 2.77. The monoisotopic (exact) mass is 641 g/mol. The summed E-state index contributed by atoms with van der Waals surface area (Å²) in [6, 6.07) is 21.9. The molecule has 0 N–H and O–H groups in total. The maximum absolute atomic E-state index is 13.4. The van der Waals surface area contributed by atoms with E-state index in [1.807, 2.05) is 64.1 Å². The number of amidine groups is 1. The molecule has 232 valence electrons. The maximum atomic E-state index is 13.4. The van der Waals surface area contributed by atoms with E-state index in [9.17, 15) is 4.79 Å². The number of aromatic nitrogens is 1. The maximum Gasteiger partial charge on any atom is 0.338 e. The summed E-state index contributed by atoms with van der Waals surface area (Å²) in [6.07, 6.45) is 4.42. The van der Waals surface area contributed by atoms with Gasteiger partial charge in [0.1, 0.15) is 0 Å². The molecule has 4 aromatic rings. The van der Waals surface area contributed by atoms with Crippen LogP contribution in [-0.2, 0) is 16.1 Å². The number of benzene rings is 3. The third-order valence-corrected chi connectivity index (χ3v) is 9.23. The second kappa shape index (κ2) is 13.5. The predicted molar refractivity (Wildman–Crippen MR) is 183 cm³/mol. The molecule has 1 saturated heterocycles. The van der Waals surface area contributed by atoms with Crippen LogP contribution in [0.4, 0.5) is 0 Å². The number of carbonyl (C=O) groups is 1. The molecule has 1 fully saturated rings. The van der Waals surface area contributed by atoms with Crippen LogP contribution < -0.4 is 9.47 Å². The number of para-hydroxylation sites is 1. The number of aliphatic imine (C=N–C) groups is 1. The average Bonchev–Trinajstić information content (AvgIpc) is 3.59. The molecular formula is C36H36ClN3O4S. The Labute approximate surface area is 273 Å². The van der Waals surface area contributed by atoms with Crippen LogP contribution in [0.5, 0.6) is 11.5 Å². The number of hydrogen-bond donors (Lipinski definition) is 0. The van der Waals surface area contributed by atoms with Crippen molar-refractivity contribution in [1.82, 2.24) is 9.47 Å². The smallest absolute Gasteiger partial charge is 0.338 e. The highest BCUT2D eigenvalue weighted by atomic mass is 35.5. The Balaban J connectivity index is 1.38. The first-order valence-electron chi connectivity index (χ1n) is 15.2. The van der Waals surface area contributed by atoms with Gasteiger partial charge in [0.2, 0.25) is 0 Å². The van der Waals surface area contributed by atoms with Crippen molar-refractivity contribution in [2.75, 3.05) is 26.4 Å². The first-order valence-corrected chi connectivity index (χ1v) is 16.4. The Bertz CT molecular complexity index is 1840. The highest BCUT2D eigenvalue weighted by Gasteiger charge is 2.41. The molecule has 0 radical (unpaired) electrons.